The van der Waals surface area contributed by atoms with Crippen molar-refractivity contribution in [1.82, 2.24) is 9.62 Å². The Morgan fingerprint density at radius 1 is 1.33 bits per heavy atom. The topological polar surface area (TPSA) is 75.7 Å². The van der Waals surface area contributed by atoms with Crippen molar-refractivity contribution in [1.29, 1.82) is 0 Å². The third-order valence-electron chi connectivity index (χ3n) is 2.58. The van der Waals surface area contributed by atoms with Crippen LogP contribution in [0.25, 0.3) is 0 Å². The quantitative estimate of drug-likeness (QED) is 0.735. The summed E-state index contributed by atoms with van der Waals surface area (Å²) >= 11 is 0. The second-order valence-electron chi connectivity index (χ2n) is 4.15. The summed E-state index contributed by atoms with van der Waals surface area (Å²) in [4.78, 5) is 10.4. The molecule has 1 N–H and O–H groups in total. The zero-order valence-corrected chi connectivity index (χ0v) is 12.4. The molecular weight excluding hydrogens is 306 g/mol. The number of ether oxygens (including phenoxy) is 1. The molecule has 0 aromatic heterocycles. The van der Waals surface area contributed by atoms with E-state index in [2.05, 4.69) is 5.32 Å². The first-order chi connectivity index (χ1) is 9.80. The molecule has 0 radical (unpaired) electrons. The Bertz CT molecular complexity index is 587. The smallest absolute Gasteiger partial charge is 0.249 e. The molecule has 21 heavy (non-hydrogen) atoms. The van der Waals surface area contributed by atoms with Crippen LogP contribution in [0.4, 0.5) is 8.78 Å². The van der Waals surface area contributed by atoms with E-state index in [0.29, 0.717) is 4.31 Å². The molecule has 0 saturated carbocycles. The largest absolute Gasteiger partial charge is 0.383 e. The van der Waals surface area contributed by atoms with Crippen LogP contribution in [0.1, 0.15) is 0 Å². The molecule has 0 atom stereocenters. The Hall–Kier alpha value is -1.58. The zero-order chi connectivity index (χ0) is 16.0. The monoisotopic (exact) mass is 322 g/mol. The summed E-state index contributed by atoms with van der Waals surface area (Å²) < 4.78 is 56.5. The van der Waals surface area contributed by atoms with Crippen molar-refractivity contribution < 1.29 is 26.7 Å². The van der Waals surface area contributed by atoms with E-state index in [9.17, 15) is 22.0 Å². The van der Waals surface area contributed by atoms with E-state index < -0.39 is 39.0 Å². The van der Waals surface area contributed by atoms with Gasteiger partial charge in [0.2, 0.25) is 15.9 Å². The molecule has 0 aliphatic carbocycles. The summed E-state index contributed by atoms with van der Waals surface area (Å²) in [6.07, 6.45) is 0. The first kappa shape index (κ1) is 17.5. The first-order valence-corrected chi connectivity index (χ1v) is 7.40. The highest BCUT2D eigenvalue weighted by atomic mass is 32.2. The third-order valence-corrected chi connectivity index (χ3v) is 4.44. The minimum atomic E-state index is -4.43. The lowest BCUT2D eigenvalue weighted by atomic mass is 10.3. The maximum atomic E-state index is 13.5. The lowest BCUT2D eigenvalue weighted by molar-refractivity contribution is -0.121. The molecule has 9 heteroatoms. The summed E-state index contributed by atoms with van der Waals surface area (Å²) in [5.41, 5.74) is 0. The number of halogens is 2. The van der Waals surface area contributed by atoms with E-state index in [-0.39, 0.29) is 13.2 Å². The second kappa shape index (κ2) is 7.43. The van der Waals surface area contributed by atoms with Crippen LogP contribution in [0.3, 0.4) is 0 Å². The van der Waals surface area contributed by atoms with Gasteiger partial charge in [-0.1, -0.05) is 6.07 Å². The number of carbonyl (C=O) groups excluding carboxylic acids is 1. The maximum absolute atomic E-state index is 13.5. The van der Waals surface area contributed by atoms with E-state index in [1.165, 1.54) is 7.11 Å². The van der Waals surface area contributed by atoms with Crippen molar-refractivity contribution in [3.05, 3.63) is 29.8 Å². The van der Waals surface area contributed by atoms with E-state index in [0.717, 1.165) is 25.2 Å². The van der Waals surface area contributed by atoms with Crippen molar-refractivity contribution in [3.8, 4) is 0 Å². The molecule has 118 valence electrons. The summed E-state index contributed by atoms with van der Waals surface area (Å²) in [6.45, 7) is -0.0821. The predicted octanol–water partition coefficient (Wildman–Crippen LogP) is 0.348. The van der Waals surface area contributed by atoms with Crippen LogP contribution >= 0.6 is 0 Å². The van der Waals surface area contributed by atoms with Gasteiger partial charge in [0.25, 0.3) is 0 Å². The molecule has 1 amide bonds. The van der Waals surface area contributed by atoms with E-state index >= 15 is 0 Å². The van der Waals surface area contributed by atoms with Gasteiger partial charge < -0.3 is 10.1 Å². The Morgan fingerprint density at radius 2 is 1.90 bits per heavy atom. The fourth-order valence-corrected chi connectivity index (χ4v) is 2.75. The van der Waals surface area contributed by atoms with E-state index in [1.807, 2.05) is 0 Å². The summed E-state index contributed by atoms with van der Waals surface area (Å²) in [5, 5.41) is 2.41. The molecular formula is C12H16F2N2O4S. The number of methoxy groups -OCH3 is 1. The van der Waals surface area contributed by atoms with Gasteiger partial charge in [0.1, 0.15) is 11.6 Å². The van der Waals surface area contributed by atoms with Gasteiger partial charge in [-0.05, 0) is 12.1 Å². The minimum absolute atomic E-state index is 0.206. The lowest BCUT2D eigenvalue weighted by Crippen LogP contribution is -2.39. The maximum Gasteiger partial charge on any atom is 0.249 e. The molecule has 1 rings (SSSR count). The number of nitrogens with one attached hydrogen (secondary N) is 1. The van der Waals surface area contributed by atoms with Gasteiger partial charge in [-0.15, -0.1) is 0 Å². The van der Waals surface area contributed by atoms with Gasteiger partial charge in [-0.2, -0.15) is 4.31 Å². The normalized spacial score (nSPS) is 11.7. The standard InChI is InChI=1S/C12H16F2N2O4S/c1-16(8-11(17)15-6-7-20-2)21(18,19)12-9(13)4-3-5-10(12)14/h3-5H,6-8H2,1-2H3,(H,15,17). The first-order valence-electron chi connectivity index (χ1n) is 5.96. The number of hydrogen-bond acceptors (Lipinski definition) is 4. The Kier molecular flexibility index (Phi) is 6.19. The SMILES string of the molecule is COCCNC(=O)CN(C)S(=O)(=O)c1c(F)cccc1F. The van der Waals surface area contributed by atoms with Gasteiger partial charge in [-0.25, -0.2) is 17.2 Å². The number of carbonyl (C=O) groups is 1. The van der Waals surface area contributed by atoms with Crippen LogP contribution in [-0.2, 0) is 19.6 Å². The predicted molar refractivity (Wildman–Crippen MR) is 71.1 cm³/mol. The Balaban J connectivity index is 2.85. The van der Waals surface area contributed by atoms with Crippen LogP contribution in [0.5, 0.6) is 0 Å². The second-order valence-corrected chi connectivity index (χ2v) is 6.14. The van der Waals surface area contributed by atoms with Gasteiger partial charge >= 0.3 is 0 Å². The number of benzene rings is 1. The van der Waals surface area contributed by atoms with Gasteiger partial charge in [0.15, 0.2) is 4.90 Å². The average Bonchev–Trinajstić information content (AvgIpc) is 2.38. The van der Waals surface area contributed by atoms with Crippen molar-refractivity contribution in [2.75, 3.05) is 33.9 Å². The molecule has 0 spiro atoms. The molecule has 0 unspecified atom stereocenters. The fraction of sp³-hybridized carbons (Fsp3) is 0.417. The number of hydrogen-bond donors (Lipinski definition) is 1. The molecule has 0 heterocycles. The minimum Gasteiger partial charge on any atom is -0.383 e. The molecule has 1 aromatic carbocycles. The van der Waals surface area contributed by atoms with Gasteiger partial charge in [0.05, 0.1) is 13.2 Å². The number of sulfonamides is 1. The molecule has 0 bridgehead atoms. The highest BCUT2D eigenvalue weighted by Crippen LogP contribution is 2.21. The van der Waals surface area contributed by atoms with E-state index in [4.69, 9.17) is 4.74 Å². The number of rotatable bonds is 7. The van der Waals surface area contributed by atoms with Crippen LogP contribution in [-0.4, -0.2) is 52.5 Å². The fourth-order valence-electron chi connectivity index (χ4n) is 1.52. The molecule has 0 aliphatic heterocycles. The van der Waals surface area contributed by atoms with Crippen molar-refractivity contribution in [3.63, 3.8) is 0 Å². The van der Waals surface area contributed by atoms with Crippen molar-refractivity contribution in [2.24, 2.45) is 0 Å². The van der Waals surface area contributed by atoms with Crippen LogP contribution in [0.15, 0.2) is 23.1 Å². The zero-order valence-electron chi connectivity index (χ0n) is 11.6. The molecule has 0 aliphatic rings. The summed E-state index contributed by atoms with van der Waals surface area (Å²) in [5.74, 6) is -3.02. The highest BCUT2D eigenvalue weighted by Gasteiger charge is 2.29. The van der Waals surface area contributed by atoms with Crippen LogP contribution in [0.2, 0.25) is 0 Å². The Morgan fingerprint density at radius 3 is 2.43 bits per heavy atom. The van der Waals surface area contributed by atoms with E-state index in [1.54, 1.807) is 0 Å². The average molecular weight is 322 g/mol. The number of nitrogens with zero attached hydrogens (tertiary/aromatic N) is 1. The number of amides is 1. The molecule has 0 fully saturated rings. The number of likely N-dealkylation sites (N-methyl/N-ethyl adjacent to an activating group) is 1. The third kappa shape index (κ3) is 4.45. The summed E-state index contributed by atoms with van der Waals surface area (Å²) in [6, 6.07) is 2.73. The van der Waals surface area contributed by atoms with Crippen LogP contribution < -0.4 is 5.32 Å². The lowest BCUT2D eigenvalue weighted by Gasteiger charge is -2.17. The van der Waals surface area contributed by atoms with Crippen molar-refractivity contribution in [2.45, 2.75) is 4.90 Å². The highest BCUT2D eigenvalue weighted by molar-refractivity contribution is 7.89. The molecule has 0 saturated heterocycles. The summed E-state index contributed by atoms with van der Waals surface area (Å²) in [7, 11) is -1.92. The Labute approximate surface area is 121 Å². The molecule has 1 aromatic rings. The van der Waals surface area contributed by atoms with Gasteiger partial charge in [0, 0.05) is 20.7 Å². The van der Waals surface area contributed by atoms with Crippen molar-refractivity contribution >= 4 is 15.9 Å². The van der Waals surface area contributed by atoms with Gasteiger partial charge in [-0.3, -0.25) is 4.79 Å². The van der Waals surface area contributed by atoms with Crippen LogP contribution in [0, 0.1) is 11.6 Å². The molecule has 6 nitrogen and oxygen atoms in total.